The second-order valence-electron chi connectivity index (χ2n) is 6.69. The van der Waals surface area contributed by atoms with E-state index in [1.54, 1.807) is 6.07 Å². The van der Waals surface area contributed by atoms with E-state index in [9.17, 15) is 18.7 Å². The average molecular weight is 395 g/mol. The van der Waals surface area contributed by atoms with Gasteiger partial charge in [0.15, 0.2) is 11.5 Å². The molecule has 152 valence electrons. The van der Waals surface area contributed by atoms with Gasteiger partial charge in [0.25, 0.3) is 12.3 Å². The number of carbonyl (C=O) groups excluding carboxylic acids is 1. The molecule has 9 heteroatoms. The van der Waals surface area contributed by atoms with E-state index in [0.717, 1.165) is 19.4 Å². The van der Waals surface area contributed by atoms with Gasteiger partial charge in [0.2, 0.25) is 0 Å². The summed E-state index contributed by atoms with van der Waals surface area (Å²) < 4.78 is 35.9. The number of nitrogens with one attached hydrogen (secondary N) is 1. The number of rotatable bonds is 8. The summed E-state index contributed by atoms with van der Waals surface area (Å²) in [4.78, 5) is 14.2. The summed E-state index contributed by atoms with van der Waals surface area (Å²) in [6.07, 6.45) is -1.11. The smallest absolute Gasteiger partial charge is 0.273 e. The Morgan fingerprint density at radius 3 is 3.07 bits per heavy atom. The maximum atomic E-state index is 12.7. The molecule has 1 aromatic carbocycles. The fraction of sp³-hybridized carbons (Fsp3) is 0.474. The SMILES string of the molecule is O=C(NCCN1CCCC(O)C1)c1cc(COc2cccc(C(F)F)c2)on1. The van der Waals surface area contributed by atoms with Crippen LogP contribution < -0.4 is 10.1 Å². The Labute approximate surface area is 161 Å². The first kappa shape index (κ1) is 20.2. The van der Waals surface area contributed by atoms with Crippen LogP contribution in [-0.2, 0) is 6.61 Å². The van der Waals surface area contributed by atoms with E-state index in [1.165, 1.54) is 24.3 Å². The Morgan fingerprint density at radius 2 is 2.29 bits per heavy atom. The van der Waals surface area contributed by atoms with Crippen LogP contribution in [0, 0.1) is 0 Å². The van der Waals surface area contributed by atoms with Crippen molar-refractivity contribution < 1.29 is 27.9 Å². The molecule has 1 amide bonds. The van der Waals surface area contributed by atoms with Crippen LogP contribution in [0.15, 0.2) is 34.9 Å². The molecule has 2 heterocycles. The zero-order chi connectivity index (χ0) is 19.9. The lowest BCUT2D eigenvalue weighted by atomic mass is 10.1. The van der Waals surface area contributed by atoms with Crippen LogP contribution in [0.4, 0.5) is 8.78 Å². The zero-order valence-electron chi connectivity index (χ0n) is 15.3. The first-order valence-electron chi connectivity index (χ1n) is 9.16. The van der Waals surface area contributed by atoms with Crippen LogP contribution in [-0.4, -0.2) is 53.4 Å². The molecule has 0 bridgehead atoms. The molecule has 1 unspecified atom stereocenters. The van der Waals surface area contributed by atoms with Gasteiger partial charge < -0.3 is 19.7 Å². The van der Waals surface area contributed by atoms with Crippen LogP contribution in [0.3, 0.4) is 0 Å². The van der Waals surface area contributed by atoms with Gasteiger partial charge in [0.1, 0.15) is 12.4 Å². The van der Waals surface area contributed by atoms with Crippen LogP contribution in [0.5, 0.6) is 5.75 Å². The van der Waals surface area contributed by atoms with Gasteiger partial charge in [-0.15, -0.1) is 0 Å². The number of aromatic nitrogens is 1. The van der Waals surface area contributed by atoms with Crippen molar-refractivity contribution in [2.24, 2.45) is 0 Å². The van der Waals surface area contributed by atoms with Gasteiger partial charge in [-0.2, -0.15) is 0 Å². The molecule has 2 N–H and O–H groups in total. The fourth-order valence-electron chi connectivity index (χ4n) is 3.03. The van der Waals surface area contributed by atoms with Gasteiger partial charge in [-0.25, -0.2) is 8.78 Å². The van der Waals surface area contributed by atoms with E-state index in [-0.39, 0.29) is 35.6 Å². The van der Waals surface area contributed by atoms with Crippen LogP contribution in [0.2, 0.25) is 0 Å². The van der Waals surface area contributed by atoms with Crippen LogP contribution in [0.25, 0.3) is 0 Å². The Balaban J connectivity index is 1.44. The zero-order valence-corrected chi connectivity index (χ0v) is 15.3. The molecule has 1 aliphatic heterocycles. The van der Waals surface area contributed by atoms with Crippen molar-refractivity contribution in [3.8, 4) is 5.75 Å². The highest BCUT2D eigenvalue weighted by molar-refractivity contribution is 5.92. The Hall–Kier alpha value is -2.52. The first-order valence-corrected chi connectivity index (χ1v) is 9.16. The number of hydrogen-bond donors (Lipinski definition) is 2. The lowest BCUT2D eigenvalue weighted by Crippen LogP contribution is -2.42. The number of aliphatic hydroxyl groups is 1. The molecule has 2 aromatic rings. The maximum absolute atomic E-state index is 12.7. The van der Waals surface area contributed by atoms with Gasteiger partial charge in [-0.3, -0.25) is 9.69 Å². The van der Waals surface area contributed by atoms with Crippen molar-refractivity contribution in [2.75, 3.05) is 26.2 Å². The number of β-amino-alcohol motifs (C(OH)–C–C–N with tert-alkyl or cyclic N) is 1. The highest BCUT2D eigenvalue weighted by Gasteiger charge is 2.18. The van der Waals surface area contributed by atoms with E-state index in [0.29, 0.717) is 25.4 Å². The molecular formula is C19H23F2N3O4. The highest BCUT2D eigenvalue weighted by Crippen LogP contribution is 2.23. The third-order valence-corrected chi connectivity index (χ3v) is 4.48. The van der Waals surface area contributed by atoms with Gasteiger partial charge in [-0.1, -0.05) is 17.3 Å². The van der Waals surface area contributed by atoms with Crippen molar-refractivity contribution in [3.05, 3.63) is 47.3 Å². The van der Waals surface area contributed by atoms with Gasteiger partial charge in [0.05, 0.1) is 6.10 Å². The molecule has 1 fully saturated rings. The number of piperidine rings is 1. The Morgan fingerprint density at radius 1 is 1.43 bits per heavy atom. The molecule has 0 spiro atoms. The molecule has 28 heavy (non-hydrogen) atoms. The molecule has 1 atom stereocenters. The van der Waals surface area contributed by atoms with Gasteiger partial charge >= 0.3 is 0 Å². The summed E-state index contributed by atoms with van der Waals surface area (Å²) in [5.74, 6) is 0.225. The number of alkyl halides is 2. The van der Waals surface area contributed by atoms with E-state index < -0.39 is 6.43 Å². The summed E-state index contributed by atoms with van der Waals surface area (Å²) >= 11 is 0. The molecule has 0 radical (unpaired) electrons. The number of halogens is 2. The maximum Gasteiger partial charge on any atom is 0.273 e. The average Bonchev–Trinajstić information content (AvgIpc) is 3.16. The van der Waals surface area contributed by atoms with Gasteiger partial charge in [0, 0.05) is 31.3 Å². The molecule has 1 saturated heterocycles. The summed E-state index contributed by atoms with van der Waals surface area (Å²) in [6, 6.07) is 7.08. The second-order valence-corrected chi connectivity index (χ2v) is 6.69. The lowest BCUT2D eigenvalue weighted by molar-refractivity contribution is 0.0702. The Bertz CT molecular complexity index is 784. The highest BCUT2D eigenvalue weighted by atomic mass is 19.3. The van der Waals surface area contributed by atoms with Crippen LogP contribution >= 0.6 is 0 Å². The van der Waals surface area contributed by atoms with Crippen molar-refractivity contribution in [3.63, 3.8) is 0 Å². The minimum Gasteiger partial charge on any atom is -0.486 e. The van der Waals surface area contributed by atoms with Crippen molar-refractivity contribution in [1.29, 1.82) is 0 Å². The lowest BCUT2D eigenvalue weighted by Gasteiger charge is -2.29. The summed E-state index contributed by atoms with van der Waals surface area (Å²) in [5.41, 5.74) is -0.00466. The molecule has 0 aliphatic carbocycles. The largest absolute Gasteiger partial charge is 0.486 e. The summed E-state index contributed by atoms with van der Waals surface area (Å²) in [6.45, 7) is 2.58. The molecule has 3 rings (SSSR count). The number of likely N-dealkylation sites (tertiary alicyclic amines) is 1. The fourth-order valence-corrected chi connectivity index (χ4v) is 3.03. The number of hydrogen-bond acceptors (Lipinski definition) is 6. The molecule has 1 aromatic heterocycles. The topological polar surface area (TPSA) is 87.8 Å². The molecule has 7 nitrogen and oxygen atoms in total. The predicted molar refractivity (Wildman–Crippen MR) is 96.2 cm³/mol. The van der Waals surface area contributed by atoms with E-state index in [1.807, 2.05) is 0 Å². The van der Waals surface area contributed by atoms with Crippen molar-refractivity contribution >= 4 is 5.91 Å². The molecule has 1 aliphatic rings. The quantitative estimate of drug-likeness (QED) is 0.714. The Kier molecular flexibility index (Phi) is 6.94. The third-order valence-electron chi connectivity index (χ3n) is 4.48. The number of amides is 1. The minimum absolute atomic E-state index is 0.0291. The number of carbonyl (C=O) groups is 1. The molecular weight excluding hydrogens is 372 g/mol. The summed E-state index contributed by atoms with van der Waals surface area (Å²) in [5, 5.41) is 16.1. The van der Waals surface area contributed by atoms with Crippen LogP contribution in [0.1, 0.15) is 41.1 Å². The van der Waals surface area contributed by atoms with E-state index in [2.05, 4.69) is 15.4 Å². The van der Waals surface area contributed by atoms with Gasteiger partial charge in [-0.05, 0) is 31.5 Å². The number of benzene rings is 1. The summed E-state index contributed by atoms with van der Waals surface area (Å²) in [7, 11) is 0. The van der Waals surface area contributed by atoms with E-state index in [4.69, 9.17) is 9.26 Å². The normalized spacial score (nSPS) is 17.6. The second kappa shape index (κ2) is 9.61. The number of nitrogens with zero attached hydrogens (tertiary/aromatic N) is 2. The standard InChI is InChI=1S/C19H23F2N3O4/c20-18(21)13-3-1-5-15(9-13)27-12-16-10-17(23-28-16)19(26)22-6-8-24-7-2-4-14(25)11-24/h1,3,5,9-10,14,18,25H,2,4,6-8,11-12H2,(H,22,26). The third kappa shape index (κ3) is 5.74. The molecule has 0 saturated carbocycles. The predicted octanol–water partition coefficient (Wildman–Crippen LogP) is 2.38. The monoisotopic (exact) mass is 395 g/mol. The van der Waals surface area contributed by atoms with E-state index >= 15 is 0 Å². The number of ether oxygens (including phenoxy) is 1. The first-order chi connectivity index (χ1) is 13.5. The number of aliphatic hydroxyl groups excluding tert-OH is 1. The van der Waals surface area contributed by atoms with Crippen molar-refractivity contribution in [2.45, 2.75) is 32.0 Å². The minimum atomic E-state index is -2.57. The van der Waals surface area contributed by atoms with Crippen molar-refractivity contribution in [1.82, 2.24) is 15.4 Å².